The molecule has 0 aliphatic heterocycles. The number of hydrogen-bond acceptors (Lipinski definition) is 8. The number of hydrogen-bond donors (Lipinski definition) is 3. The minimum Gasteiger partial charge on any atom is -0.471 e. The van der Waals surface area contributed by atoms with Gasteiger partial charge in [0.25, 0.3) is 11.8 Å². The average Bonchev–Trinajstić information content (AvgIpc) is 3.10. The zero-order valence-electron chi connectivity index (χ0n) is 30.5. The Morgan fingerprint density at radius 1 is 0.855 bits per heavy atom. The normalized spacial score (nSPS) is 14.1. The summed E-state index contributed by atoms with van der Waals surface area (Å²) in [5.74, 6) is -4.59. The Morgan fingerprint density at radius 2 is 1.44 bits per heavy atom. The first-order valence-corrected chi connectivity index (χ1v) is 16.7. The number of hydrazine groups is 1. The van der Waals surface area contributed by atoms with Gasteiger partial charge in [0.15, 0.2) is 5.69 Å². The van der Waals surface area contributed by atoms with E-state index >= 15 is 0 Å². The van der Waals surface area contributed by atoms with E-state index in [-0.39, 0.29) is 18.6 Å². The molecule has 0 spiro atoms. The fourth-order valence-electron chi connectivity index (χ4n) is 4.86. The molecule has 0 fully saturated rings. The summed E-state index contributed by atoms with van der Waals surface area (Å²) in [6.45, 7) is 12.1. The number of rotatable bonds is 16. The third-order valence-corrected chi connectivity index (χ3v) is 7.54. The number of ether oxygens (including phenoxy) is 4. The molecular formula is C38H42F6N4O7. The van der Waals surface area contributed by atoms with Gasteiger partial charge in [-0.05, 0) is 51.3 Å². The molecule has 17 heteroatoms. The van der Waals surface area contributed by atoms with E-state index in [1.54, 1.807) is 47.2 Å². The topological polar surface area (TPSA) is 137 Å². The van der Waals surface area contributed by atoms with Gasteiger partial charge >= 0.3 is 18.4 Å². The number of carbonyl (C=O) groups is 3. The van der Waals surface area contributed by atoms with Crippen LogP contribution < -0.4 is 20.9 Å². The van der Waals surface area contributed by atoms with Crippen molar-refractivity contribution in [2.75, 3.05) is 5.32 Å². The maximum absolute atomic E-state index is 14.5. The molecule has 0 radical (unpaired) electrons. The van der Waals surface area contributed by atoms with Gasteiger partial charge in [0.05, 0.1) is 25.0 Å². The second kappa shape index (κ2) is 18.8. The molecule has 1 heterocycles. The minimum absolute atomic E-state index is 0.0546. The van der Waals surface area contributed by atoms with E-state index in [1.165, 1.54) is 58.0 Å². The number of nitrogens with zero attached hydrogens (tertiary/aromatic N) is 1. The third-order valence-electron chi connectivity index (χ3n) is 7.54. The van der Waals surface area contributed by atoms with Crippen molar-refractivity contribution < 1.29 is 59.7 Å². The molecule has 3 atom stereocenters. The lowest BCUT2D eigenvalue weighted by Gasteiger charge is -2.33. The highest BCUT2D eigenvalue weighted by Gasteiger charge is 2.61. The zero-order chi connectivity index (χ0) is 41.0. The smallest absolute Gasteiger partial charge is 0.427 e. The molecule has 3 amide bonds. The number of amides is 3. The van der Waals surface area contributed by atoms with Gasteiger partial charge in [0.1, 0.15) is 17.3 Å². The summed E-state index contributed by atoms with van der Waals surface area (Å²) >= 11 is 0. The van der Waals surface area contributed by atoms with Crippen LogP contribution in [0.4, 0.5) is 36.8 Å². The first kappa shape index (κ1) is 44.0. The fourth-order valence-corrected chi connectivity index (χ4v) is 4.86. The summed E-state index contributed by atoms with van der Waals surface area (Å²) in [6.07, 6.45) is -12.6. The Morgan fingerprint density at radius 3 is 1.95 bits per heavy atom. The SMILES string of the molecule is C=CCC(OCc1ccccc1)[C@@H](C)Oc1nc(C(=O)NNC(=O)C(CC=C)(OCc2ccccc2)C(F)(F)F)c(NC(=O)OC(C)(C)C)cc1C(F)(F)F. The second-order valence-corrected chi connectivity index (χ2v) is 13.0. The van der Waals surface area contributed by atoms with E-state index in [0.29, 0.717) is 6.07 Å². The number of carbonyl (C=O) groups excluding carboxylic acids is 3. The summed E-state index contributed by atoms with van der Waals surface area (Å²) in [4.78, 5) is 43.3. The van der Waals surface area contributed by atoms with Crippen molar-refractivity contribution in [3.8, 4) is 5.88 Å². The predicted octanol–water partition coefficient (Wildman–Crippen LogP) is 8.23. The Hall–Kier alpha value is -5.42. The minimum atomic E-state index is -5.36. The highest BCUT2D eigenvalue weighted by atomic mass is 19.4. The molecule has 0 aliphatic carbocycles. The Labute approximate surface area is 314 Å². The highest BCUT2D eigenvalue weighted by Crippen LogP contribution is 2.40. The molecule has 3 rings (SSSR count). The lowest BCUT2D eigenvalue weighted by atomic mass is 9.97. The summed E-state index contributed by atoms with van der Waals surface area (Å²) in [5, 5.41) is 2.01. The molecule has 0 saturated carbocycles. The van der Waals surface area contributed by atoms with Crippen LogP contribution in [-0.4, -0.2) is 52.5 Å². The first-order valence-electron chi connectivity index (χ1n) is 16.7. The quantitative estimate of drug-likeness (QED) is 0.0752. The van der Waals surface area contributed by atoms with Crippen LogP contribution in [0, 0.1) is 0 Å². The highest BCUT2D eigenvalue weighted by molar-refractivity contribution is 6.02. The molecule has 0 saturated heterocycles. The van der Waals surface area contributed by atoms with Crippen molar-refractivity contribution in [2.45, 2.75) is 89.5 Å². The van der Waals surface area contributed by atoms with Crippen molar-refractivity contribution in [3.63, 3.8) is 0 Å². The van der Waals surface area contributed by atoms with Gasteiger partial charge in [0.2, 0.25) is 11.5 Å². The van der Waals surface area contributed by atoms with Gasteiger partial charge in [0, 0.05) is 6.42 Å². The van der Waals surface area contributed by atoms with Crippen LogP contribution in [0.2, 0.25) is 0 Å². The molecule has 0 bridgehead atoms. The van der Waals surface area contributed by atoms with Crippen molar-refractivity contribution in [2.24, 2.45) is 0 Å². The zero-order valence-corrected chi connectivity index (χ0v) is 30.5. The van der Waals surface area contributed by atoms with Gasteiger partial charge in [-0.2, -0.15) is 26.3 Å². The van der Waals surface area contributed by atoms with E-state index in [1.807, 2.05) is 5.32 Å². The van der Waals surface area contributed by atoms with Crippen molar-refractivity contribution in [1.82, 2.24) is 15.8 Å². The number of pyridine rings is 1. The van der Waals surface area contributed by atoms with E-state index < -0.39 is 89.5 Å². The van der Waals surface area contributed by atoms with Crippen LogP contribution in [0.5, 0.6) is 5.88 Å². The molecule has 55 heavy (non-hydrogen) atoms. The molecule has 0 aliphatic rings. The number of anilines is 1. The molecule has 298 valence electrons. The van der Waals surface area contributed by atoms with Gasteiger partial charge in [-0.15, -0.1) is 13.2 Å². The largest absolute Gasteiger partial charge is 0.471 e. The fraction of sp³-hybridized carbons (Fsp3) is 0.368. The maximum atomic E-state index is 14.5. The number of aromatic nitrogens is 1. The van der Waals surface area contributed by atoms with E-state index in [4.69, 9.17) is 18.9 Å². The van der Waals surface area contributed by atoms with Crippen molar-refractivity contribution in [1.29, 1.82) is 0 Å². The molecular weight excluding hydrogens is 738 g/mol. The maximum Gasteiger partial charge on any atom is 0.427 e. The van der Waals surface area contributed by atoms with E-state index in [0.717, 1.165) is 11.6 Å². The summed E-state index contributed by atoms with van der Waals surface area (Å²) in [6, 6.07) is 16.8. The molecule has 2 unspecified atom stereocenters. The van der Waals surface area contributed by atoms with Crippen LogP contribution >= 0.6 is 0 Å². The Kier molecular flexibility index (Phi) is 15.0. The Balaban J connectivity index is 2.02. The number of alkyl halides is 6. The lowest BCUT2D eigenvalue weighted by Crippen LogP contribution is -2.61. The van der Waals surface area contributed by atoms with Gasteiger partial charge < -0.3 is 18.9 Å². The number of nitrogens with one attached hydrogen (secondary N) is 3. The first-order chi connectivity index (χ1) is 25.7. The number of benzene rings is 2. The Bertz CT molecular complexity index is 1780. The number of halogens is 6. The second-order valence-electron chi connectivity index (χ2n) is 13.0. The van der Waals surface area contributed by atoms with Crippen LogP contribution in [0.25, 0.3) is 0 Å². The van der Waals surface area contributed by atoms with Gasteiger partial charge in [-0.1, -0.05) is 72.8 Å². The van der Waals surface area contributed by atoms with E-state index in [2.05, 4.69) is 18.1 Å². The van der Waals surface area contributed by atoms with Crippen molar-refractivity contribution >= 4 is 23.6 Å². The molecule has 3 aromatic rings. The van der Waals surface area contributed by atoms with Crippen LogP contribution in [0.1, 0.15) is 67.7 Å². The summed E-state index contributed by atoms with van der Waals surface area (Å²) in [7, 11) is 0. The molecule has 1 aromatic heterocycles. The van der Waals surface area contributed by atoms with E-state index in [9.17, 15) is 40.7 Å². The van der Waals surface area contributed by atoms with Gasteiger partial charge in [-0.25, -0.2) is 9.78 Å². The lowest BCUT2D eigenvalue weighted by molar-refractivity contribution is -0.270. The monoisotopic (exact) mass is 780 g/mol. The third kappa shape index (κ3) is 12.6. The predicted molar refractivity (Wildman–Crippen MR) is 189 cm³/mol. The molecule has 3 N–H and O–H groups in total. The summed E-state index contributed by atoms with van der Waals surface area (Å²) < 4.78 is 109. The van der Waals surface area contributed by atoms with Gasteiger partial charge in [-0.3, -0.25) is 25.8 Å². The van der Waals surface area contributed by atoms with Crippen LogP contribution in [-0.2, 0) is 38.4 Å². The standard InChI is InChI=1S/C38H42F6N4O7/c1-7-15-29(52-22-25-16-11-9-12-17-25)24(3)54-32-27(37(39,40)41)21-28(45-34(51)55-35(4,5)6)30(46-32)31(49)47-48-33(50)36(20-8-2,38(42,43)44)53-23-26-18-13-10-14-19-26/h7-14,16-19,21,24,29H,1-2,15,20,22-23H2,3-6H3,(H,45,51)(H,47,49)(H,48,50)/t24-,29?,36?/m1/s1. The molecule has 2 aromatic carbocycles. The summed E-state index contributed by atoms with van der Waals surface area (Å²) in [5.41, 5.74) is -3.75. The van der Waals surface area contributed by atoms with Crippen LogP contribution in [0.3, 0.4) is 0 Å². The average molecular weight is 781 g/mol. The van der Waals surface area contributed by atoms with Crippen LogP contribution in [0.15, 0.2) is 92.0 Å². The molecule has 11 nitrogen and oxygen atoms in total. The van der Waals surface area contributed by atoms with Crippen molar-refractivity contribution in [3.05, 3.63) is 114 Å².